The largest absolute Gasteiger partial charge is 0.508 e. The molecule has 0 unspecified atom stereocenters. The predicted molar refractivity (Wildman–Crippen MR) is 107 cm³/mol. The van der Waals surface area contributed by atoms with Crippen molar-refractivity contribution in [3.05, 3.63) is 53.3 Å². The van der Waals surface area contributed by atoms with Gasteiger partial charge in [-0.15, -0.1) is 0 Å². The quantitative estimate of drug-likeness (QED) is 0.696. The van der Waals surface area contributed by atoms with Crippen LogP contribution < -0.4 is 10.1 Å². The summed E-state index contributed by atoms with van der Waals surface area (Å²) in [6, 6.07) is 9.46. The van der Waals surface area contributed by atoms with Crippen LogP contribution in [0.3, 0.4) is 0 Å². The zero-order valence-electron chi connectivity index (χ0n) is 16.3. The van der Waals surface area contributed by atoms with Crippen LogP contribution in [0.25, 0.3) is 22.2 Å². The molecule has 1 amide bonds. The Morgan fingerprint density at radius 3 is 2.68 bits per heavy atom. The van der Waals surface area contributed by atoms with Crippen LogP contribution in [0.15, 0.2) is 36.4 Å². The molecule has 2 N–H and O–H groups in total. The van der Waals surface area contributed by atoms with Crippen LogP contribution in [0.1, 0.15) is 25.0 Å². The molecule has 0 saturated heterocycles. The number of phenols is 1. The fourth-order valence-electron chi connectivity index (χ4n) is 3.25. The standard InChI is InChI=1S/C22H23FN2O3/c1-12(2)24-21(27)11-17-13(3)16-10-15(26)6-8-19(16)25-22(17)14-5-7-18(23)20(9-14)28-4/h5-10,12,26H,11H2,1-4H3,(H,24,27). The Morgan fingerprint density at radius 1 is 1.25 bits per heavy atom. The summed E-state index contributed by atoms with van der Waals surface area (Å²) in [5.41, 5.74) is 3.50. The van der Waals surface area contributed by atoms with Gasteiger partial charge in [-0.2, -0.15) is 0 Å². The lowest BCUT2D eigenvalue weighted by Crippen LogP contribution is -2.31. The summed E-state index contributed by atoms with van der Waals surface area (Å²) in [4.78, 5) is 17.2. The molecule has 0 radical (unpaired) electrons. The van der Waals surface area contributed by atoms with Crippen molar-refractivity contribution in [2.24, 2.45) is 0 Å². The highest BCUT2D eigenvalue weighted by molar-refractivity contribution is 5.91. The number of phenolic OH excluding ortho intramolecular Hbond substituents is 1. The maximum absolute atomic E-state index is 13.9. The molecule has 0 spiro atoms. The number of aromatic hydroxyl groups is 1. The predicted octanol–water partition coefficient (Wildman–Crippen LogP) is 4.13. The van der Waals surface area contributed by atoms with Gasteiger partial charge in [0.1, 0.15) is 5.75 Å². The molecule has 6 heteroatoms. The molecule has 3 aromatic rings. The first-order valence-corrected chi connectivity index (χ1v) is 9.05. The molecular weight excluding hydrogens is 359 g/mol. The van der Waals surface area contributed by atoms with Crippen LogP contribution in [0.4, 0.5) is 4.39 Å². The molecular formula is C22H23FN2O3. The Morgan fingerprint density at radius 2 is 2.00 bits per heavy atom. The van der Waals surface area contributed by atoms with E-state index in [9.17, 15) is 14.3 Å². The number of pyridine rings is 1. The van der Waals surface area contributed by atoms with Gasteiger partial charge in [0, 0.05) is 17.0 Å². The van der Waals surface area contributed by atoms with Crippen molar-refractivity contribution < 1.29 is 19.0 Å². The van der Waals surface area contributed by atoms with E-state index < -0.39 is 5.82 Å². The maximum Gasteiger partial charge on any atom is 0.224 e. The van der Waals surface area contributed by atoms with E-state index in [1.165, 1.54) is 13.2 Å². The molecule has 2 aromatic carbocycles. The number of nitrogens with one attached hydrogen (secondary N) is 1. The Hall–Kier alpha value is -3.15. The highest BCUT2D eigenvalue weighted by Crippen LogP contribution is 2.33. The SMILES string of the molecule is COc1cc(-c2nc3ccc(O)cc3c(C)c2CC(=O)NC(C)C)ccc1F. The van der Waals surface area contributed by atoms with Gasteiger partial charge in [0.25, 0.3) is 0 Å². The number of methoxy groups -OCH3 is 1. The summed E-state index contributed by atoms with van der Waals surface area (Å²) in [6.45, 7) is 5.69. The van der Waals surface area contributed by atoms with E-state index in [0.717, 1.165) is 16.5 Å². The molecule has 1 aromatic heterocycles. The lowest BCUT2D eigenvalue weighted by molar-refractivity contribution is -0.120. The fraction of sp³-hybridized carbons (Fsp3) is 0.273. The van der Waals surface area contributed by atoms with E-state index in [-0.39, 0.29) is 29.9 Å². The first-order valence-electron chi connectivity index (χ1n) is 9.05. The first-order chi connectivity index (χ1) is 13.3. The summed E-state index contributed by atoms with van der Waals surface area (Å²) in [5, 5.41) is 13.5. The molecule has 0 aliphatic carbocycles. The molecule has 0 saturated carbocycles. The lowest BCUT2D eigenvalue weighted by atomic mass is 9.95. The number of aromatic nitrogens is 1. The van der Waals surface area contributed by atoms with Crippen molar-refractivity contribution in [1.82, 2.24) is 10.3 Å². The topological polar surface area (TPSA) is 71.5 Å². The summed E-state index contributed by atoms with van der Waals surface area (Å²) in [7, 11) is 1.40. The second kappa shape index (κ2) is 7.84. The second-order valence-corrected chi connectivity index (χ2v) is 7.01. The number of amides is 1. The minimum Gasteiger partial charge on any atom is -0.508 e. The van der Waals surface area contributed by atoms with Crippen molar-refractivity contribution >= 4 is 16.8 Å². The van der Waals surface area contributed by atoms with Gasteiger partial charge in [-0.05, 0) is 68.3 Å². The van der Waals surface area contributed by atoms with Crippen molar-refractivity contribution in [1.29, 1.82) is 0 Å². The number of aryl methyl sites for hydroxylation is 1. The van der Waals surface area contributed by atoms with E-state index in [2.05, 4.69) is 5.32 Å². The Kier molecular flexibility index (Phi) is 5.49. The van der Waals surface area contributed by atoms with E-state index in [1.807, 2.05) is 20.8 Å². The summed E-state index contributed by atoms with van der Waals surface area (Å²) in [6.07, 6.45) is 0.123. The second-order valence-electron chi connectivity index (χ2n) is 7.01. The summed E-state index contributed by atoms with van der Waals surface area (Å²) < 4.78 is 19.0. The number of nitrogens with zero attached hydrogens (tertiary/aromatic N) is 1. The number of rotatable bonds is 5. The third kappa shape index (κ3) is 3.91. The third-order valence-electron chi connectivity index (χ3n) is 4.57. The molecule has 0 bridgehead atoms. The molecule has 5 nitrogen and oxygen atoms in total. The smallest absolute Gasteiger partial charge is 0.224 e. The van der Waals surface area contributed by atoms with Crippen molar-refractivity contribution in [2.45, 2.75) is 33.2 Å². The van der Waals surface area contributed by atoms with Crippen LogP contribution in [0, 0.1) is 12.7 Å². The summed E-state index contributed by atoms with van der Waals surface area (Å²) >= 11 is 0. The van der Waals surface area contributed by atoms with E-state index >= 15 is 0 Å². The highest BCUT2D eigenvalue weighted by Gasteiger charge is 2.18. The Bertz CT molecular complexity index is 1050. The number of carbonyl (C=O) groups excluding carboxylic acids is 1. The highest BCUT2D eigenvalue weighted by atomic mass is 19.1. The van der Waals surface area contributed by atoms with E-state index in [4.69, 9.17) is 9.72 Å². The molecule has 0 aliphatic heterocycles. The van der Waals surface area contributed by atoms with Crippen molar-refractivity contribution in [3.8, 4) is 22.8 Å². The number of halogens is 1. The normalized spacial score (nSPS) is 11.1. The van der Waals surface area contributed by atoms with Crippen LogP contribution in [-0.4, -0.2) is 29.1 Å². The van der Waals surface area contributed by atoms with Gasteiger partial charge in [0.2, 0.25) is 5.91 Å². The number of hydrogen-bond donors (Lipinski definition) is 2. The summed E-state index contributed by atoms with van der Waals surface area (Å²) in [5.74, 6) is -0.353. The molecule has 0 fully saturated rings. The Labute approximate surface area is 163 Å². The number of hydrogen-bond acceptors (Lipinski definition) is 4. The number of benzene rings is 2. The zero-order valence-corrected chi connectivity index (χ0v) is 16.3. The van der Waals surface area contributed by atoms with Crippen LogP contribution >= 0.6 is 0 Å². The van der Waals surface area contributed by atoms with Gasteiger partial charge in [-0.25, -0.2) is 9.37 Å². The molecule has 0 atom stereocenters. The number of fused-ring (bicyclic) bond motifs is 1. The first kappa shape index (κ1) is 19.6. The molecule has 28 heavy (non-hydrogen) atoms. The number of carbonyl (C=O) groups is 1. The average Bonchev–Trinajstić information content (AvgIpc) is 2.64. The minimum atomic E-state index is -0.465. The third-order valence-corrected chi connectivity index (χ3v) is 4.57. The van der Waals surface area contributed by atoms with Crippen LogP contribution in [0.2, 0.25) is 0 Å². The van der Waals surface area contributed by atoms with E-state index in [0.29, 0.717) is 16.8 Å². The molecule has 1 heterocycles. The van der Waals surface area contributed by atoms with Crippen LogP contribution in [-0.2, 0) is 11.2 Å². The average molecular weight is 382 g/mol. The molecule has 3 rings (SSSR count). The van der Waals surface area contributed by atoms with Gasteiger partial charge < -0.3 is 15.2 Å². The van der Waals surface area contributed by atoms with Gasteiger partial charge in [0.05, 0.1) is 24.7 Å². The number of ether oxygens (including phenoxy) is 1. The fourth-order valence-corrected chi connectivity index (χ4v) is 3.25. The minimum absolute atomic E-state index is 0.0135. The molecule has 0 aliphatic rings. The maximum atomic E-state index is 13.9. The lowest BCUT2D eigenvalue weighted by Gasteiger charge is -2.17. The van der Waals surface area contributed by atoms with Crippen LogP contribution in [0.5, 0.6) is 11.5 Å². The van der Waals surface area contributed by atoms with Gasteiger partial charge in [-0.1, -0.05) is 0 Å². The van der Waals surface area contributed by atoms with Gasteiger partial charge in [-0.3, -0.25) is 4.79 Å². The zero-order chi connectivity index (χ0) is 20.4. The monoisotopic (exact) mass is 382 g/mol. The van der Waals surface area contributed by atoms with E-state index in [1.54, 1.807) is 30.3 Å². The van der Waals surface area contributed by atoms with Crippen molar-refractivity contribution in [3.63, 3.8) is 0 Å². The Balaban J connectivity index is 2.23. The molecule has 146 valence electrons. The van der Waals surface area contributed by atoms with Crippen molar-refractivity contribution in [2.75, 3.05) is 7.11 Å². The van der Waals surface area contributed by atoms with Gasteiger partial charge >= 0.3 is 0 Å². The van der Waals surface area contributed by atoms with Gasteiger partial charge in [0.15, 0.2) is 11.6 Å².